The number of aromatic nitrogens is 1. The SMILES string of the molecule is [CH3-].[NH-]CC1CN(c2ccc(N(N)/C=C(\N)C(O)c3ccccn3)c(F)c2)C(=O)O1.[Y]. The average Bonchev–Trinajstić information content (AvgIpc) is 3.08. The number of aliphatic hydroxyl groups excluding tert-OH is 1. The van der Waals surface area contributed by atoms with Gasteiger partial charge >= 0.3 is 6.09 Å². The number of nitrogens with two attached hydrogens (primary N) is 2. The largest absolute Gasteiger partial charge is 0.674 e. The van der Waals surface area contributed by atoms with Crippen molar-refractivity contribution in [3.05, 3.63) is 79.2 Å². The van der Waals surface area contributed by atoms with Gasteiger partial charge in [-0.15, -0.1) is 6.54 Å². The molecule has 1 aliphatic rings. The third kappa shape index (κ3) is 5.74. The fourth-order valence-electron chi connectivity index (χ4n) is 2.72. The summed E-state index contributed by atoms with van der Waals surface area (Å²) < 4.78 is 19.6. The zero-order valence-corrected chi connectivity index (χ0v) is 19.2. The third-order valence-electron chi connectivity index (χ3n) is 4.19. The van der Waals surface area contributed by atoms with Gasteiger partial charge in [-0.05, 0) is 30.3 Å². The molecule has 0 saturated carbocycles. The number of ether oxygens (including phenoxy) is 1. The van der Waals surface area contributed by atoms with Crippen molar-refractivity contribution in [3.63, 3.8) is 0 Å². The maximum Gasteiger partial charge on any atom is 0.414 e. The van der Waals surface area contributed by atoms with E-state index in [0.717, 1.165) is 11.1 Å². The van der Waals surface area contributed by atoms with Crippen molar-refractivity contribution in [3.8, 4) is 0 Å². The molecular weight excluding hydrogens is 468 g/mol. The molecule has 0 spiro atoms. The number of hydrogen-bond acceptors (Lipinski definition) is 7. The molecule has 30 heavy (non-hydrogen) atoms. The number of amides is 1. The molecule has 2 unspecified atom stereocenters. The number of aliphatic hydroxyl groups is 1. The van der Waals surface area contributed by atoms with E-state index in [-0.39, 0.29) is 64.6 Å². The molecule has 1 fully saturated rings. The second-order valence-corrected chi connectivity index (χ2v) is 6.15. The molecule has 2 aromatic rings. The van der Waals surface area contributed by atoms with Crippen LogP contribution in [0.3, 0.4) is 0 Å². The van der Waals surface area contributed by atoms with Crippen LogP contribution >= 0.6 is 0 Å². The summed E-state index contributed by atoms with van der Waals surface area (Å²) in [7, 11) is 0. The molecule has 1 aromatic heterocycles. The molecule has 9 nitrogen and oxygen atoms in total. The van der Waals surface area contributed by atoms with Crippen molar-refractivity contribution in [2.24, 2.45) is 11.6 Å². The molecule has 6 N–H and O–H groups in total. The molecule has 11 heteroatoms. The number of rotatable bonds is 6. The molecule has 1 aromatic carbocycles. The normalized spacial score (nSPS) is 16.9. The zero-order valence-electron chi connectivity index (χ0n) is 16.4. The van der Waals surface area contributed by atoms with E-state index >= 15 is 0 Å². The molecule has 1 aliphatic heterocycles. The summed E-state index contributed by atoms with van der Waals surface area (Å²) in [6.07, 6.45) is 0.334. The van der Waals surface area contributed by atoms with Crippen molar-refractivity contribution in [1.29, 1.82) is 0 Å². The van der Waals surface area contributed by atoms with Crippen LogP contribution < -0.4 is 21.5 Å². The van der Waals surface area contributed by atoms with Gasteiger partial charge in [0.2, 0.25) is 0 Å². The first-order valence-electron chi connectivity index (χ1n) is 8.43. The smallest absolute Gasteiger partial charge is 0.414 e. The van der Waals surface area contributed by atoms with Crippen LogP contribution in [0.4, 0.5) is 20.6 Å². The maximum atomic E-state index is 14.6. The van der Waals surface area contributed by atoms with Gasteiger partial charge in [0, 0.05) is 45.1 Å². The molecule has 1 radical (unpaired) electrons. The second kappa shape index (κ2) is 11.3. The fraction of sp³-hybridized carbons (Fsp3) is 0.211. The van der Waals surface area contributed by atoms with Gasteiger partial charge in [-0.2, -0.15) is 0 Å². The number of nitrogens with one attached hydrogen (secondary N) is 1. The molecule has 1 saturated heterocycles. The van der Waals surface area contributed by atoms with Crippen LogP contribution in [0, 0.1) is 13.2 Å². The van der Waals surface area contributed by atoms with Crippen LogP contribution in [-0.2, 0) is 37.4 Å². The Morgan fingerprint density at radius 3 is 2.77 bits per heavy atom. The molecule has 1 amide bonds. The quantitative estimate of drug-likeness (QED) is 0.320. The van der Waals surface area contributed by atoms with Gasteiger partial charge in [-0.1, -0.05) is 6.07 Å². The molecule has 2 heterocycles. The third-order valence-corrected chi connectivity index (χ3v) is 4.19. The van der Waals surface area contributed by atoms with Gasteiger partial charge in [-0.25, -0.2) is 15.0 Å². The Labute approximate surface area is 199 Å². The summed E-state index contributed by atoms with van der Waals surface area (Å²) in [5.74, 6) is 5.17. The van der Waals surface area contributed by atoms with Crippen LogP contribution in [0.1, 0.15) is 11.8 Å². The van der Waals surface area contributed by atoms with Crippen LogP contribution in [0.2, 0.25) is 0 Å². The van der Waals surface area contributed by atoms with Gasteiger partial charge in [0.25, 0.3) is 0 Å². The minimum Gasteiger partial charge on any atom is -0.674 e. The Bertz CT molecular complexity index is 886. The Kier molecular flexibility index (Phi) is 9.79. The monoisotopic (exact) mass is 491 g/mol. The van der Waals surface area contributed by atoms with E-state index in [4.69, 9.17) is 22.0 Å². The van der Waals surface area contributed by atoms with Gasteiger partial charge in [0.05, 0.1) is 29.3 Å². The summed E-state index contributed by atoms with van der Waals surface area (Å²) in [6, 6.07) is 9.02. The summed E-state index contributed by atoms with van der Waals surface area (Å²) in [5, 5.41) is 11.2. The van der Waals surface area contributed by atoms with E-state index in [1.165, 1.54) is 29.4 Å². The van der Waals surface area contributed by atoms with E-state index < -0.39 is 24.1 Å². The van der Waals surface area contributed by atoms with E-state index in [0.29, 0.717) is 11.4 Å². The molecular formula is C19H23FN6O3Y-2. The van der Waals surface area contributed by atoms with Crippen molar-refractivity contribution in [2.75, 3.05) is 23.0 Å². The van der Waals surface area contributed by atoms with E-state index in [1.54, 1.807) is 18.2 Å². The molecule has 2 atom stereocenters. The van der Waals surface area contributed by atoms with Crippen molar-refractivity contribution in [1.82, 2.24) is 4.98 Å². The van der Waals surface area contributed by atoms with E-state index in [1.807, 2.05) is 0 Å². The molecule has 159 valence electrons. The van der Waals surface area contributed by atoms with Gasteiger partial charge in [0.1, 0.15) is 18.0 Å². The van der Waals surface area contributed by atoms with Crippen molar-refractivity contribution < 1.29 is 51.7 Å². The molecule has 3 rings (SSSR count). The standard InChI is InChI=1S/C18H20FN6O3.CH3.Y/c19-13-7-11(24-9-12(8-20)28-18(24)27)4-5-16(13)25(22)10-14(21)17(26)15-3-1-2-6-23-15;;/h1-7,10,12,17,20,26H,8-9,21-22H2;1H3;/q2*-1;/b14-10-;;. The fourth-order valence-corrected chi connectivity index (χ4v) is 2.72. The number of anilines is 2. The first-order chi connectivity index (χ1) is 13.4. The van der Waals surface area contributed by atoms with Gasteiger partial charge in [-0.3, -0.25) is 14.9 Å². The summed E-state index contributed by atoms with van der Waals surface area (Å²) in [6.45, 7) is 0.110. The van der Waals surface area contributed by atoms with Gasteiger partial charge < -0.3 is 28.7 Å². The Morgan fingerprint density at radius 1 is 1.47 bits per heavy atom. The number of pyridine rings is 1. The minimum absolute atomic E-state index is 0. The topological polar surface area (TPSA) is 142 Å². The Balaban J connectivity index is 0.00000225. The van der Waals surface area contributed by atoms with Crippen LogP contribution in [-0.4, -0.2) is 35.4 Å². The number of hydrazine groups is 1. The first kappa shape index (κ1) is 25.9. The average molecular weight is 491 g/mol. The molecule has 0 aliphatic carbocycles. The maximum absolute atomic E-state index is 14.6. The first-order valence-corrected chi connectivity index (χ1v) is 8.43. The molecule has 0 bridgehead atoms. The summed E-state index contributed by atoms with van der Waals surface area (Å²) in [4.78, 5) is 17.1. The van der Waals surface area contributed by atoms with Gasteiger partial charge in [0.15, 0.2) is 0 Å². The summed E-state index contributed by atoms with van der Waals surface area (Å²) >= 11 is 0. The second-order valence-electron chi connectivity index (χ2n) is 6.15. The number of benzene rings is 1. The number of hydrogen-bond donors (Lipinski definition) is 3. The minimum atomic E-state index is -1.20. The number of carbonyl (C=O) groups is 1. The van der Waals surface area contributed by atoms with E-state index in [2.05, 4.69) is 4.98 Å². The number of carbonyl (C=O) groups excluding carboxylic acids is 1. The number of cyclic esters (lactones) is 1. The Morgan fingerprint density at radius 2 is 2.20 bits per heavy atom. The van der Waals surface area contributed by atoms with Crippen molar-refractivity contribution >= 4 is 17.5 Å². The van der Waals surface area contributed by atoms with Crippen LogP contribution in [0.15, 0.2) is 54.5 Å². The Hall–Kier alpha value is -2.11. The van der Waals surface area contributed by atoms with E-state index in [9.17, 15) is 14.3 Å². The zero-order chi connectivity index (χ0) is 20.3. The predicted octanol–water partition coefficient (Wildman–Crippen LogP) is 2.26. The predicted molar refractivity (Wildman–Crippen MR) is 108 cm³/mol. The number of halogens is 1. The van der Waals surface area contributed by atoms with Crippen LogP contribution in [0.25, 0.3) is 5.73 Å². The van der Waals surface area contributed by atoms with Crippen molar-refractivity contribution in [2.45, 2.75) is 12.2 Å². The summed E-state index contributed by atoms with van der Waals surface area (Å²) in [5.41, 5.74) is 13.7. The number of nitrogens with zero attached hydrogens (tertiary/aromatic N) is 3. The van der Waals surface area contributed by atoms with Crippen LogP contribution in [0.5, 0.6) is 0 Å².